The molecule has 3 rings (SSSR count). The molecule has 1 N–H and O–H groups in total. The van der Waals surface area contributed by atoms with Crippen molar-refractivity contribution >= 4 is 11.9 Å². The van der Waals surface area contributed by atoms with E-state index < -0.39 is 5.41 Å². The fraction of sp³-hybridized carbons (Fsp3) is 0.762. The molecule has 1 aliphatic carbocycles. The van der Waals surface area contributed by atoms with E-state index in [-0.39, 0.29) is 29.6 Å². The highest BCUT2D eigenvalue weighted by Gasteiger charge is 2.36. The lowest BCUT2D eigenvalue weighted by Gasteiger charge is -2.39. The summed E-state index contributed by atoms with van der Waals surface area (Å²) in [6.07, 6.45) is 4.06. The van der Waals surface area contributed by atoms with E-state index in [1.165, 1.54) is 0 Å². The summed E-state index contributed by atoms with van der Waals surface area (Å²) < 4.78 is 5.83. The minimum atomic E-state index is -0.414. The van der Waals surface area contributed by atoms with Crippen molar-refractivity contribution in [2.45, 2.75) is 79.6 Å². The zero-order chi connectivity index (χ0) is 20.0. The Morgan fingerprint density at radius 2 is 1.89 bits per heavy atom. The van der Waals surface area contributed by atoms with Gasteiger partial charge in [0, 0.05) is 30.3 Å². The molecule has 1 aromatic rings. The van der Waals surface area contributed by atoms with Crippen LogP contribution in [0.15, 0.2) is 6.20 Å². The number of rotatable bonds is 2. The molecule has 3 atom stereocenters. The maximum absolute atomic E-state index is 12.6. The van der Waals surface area contributed by atoms with E-state index in [1.54, 1.807) is 0 Å². The lowest BCUT2D eigenvalue weighted by atomic mass is 9.74. The summed E-state index contributed by atoms with van der Waals surface area (Å²) in [6, 6.07) is -0.0351. The van der Waals surface area contributed by atoms with Crippen LogP contribution in [0, 0.1) is 10.8 Å². The van der Waals surface area contributed by atoms with Crippen molar-refractivity contribution in [2.24, 2.45) is 10.8 Å². The highest BCUT2D eigenvalue weighted by atomic mass is 16.5. The smallest absolute Gasteiger partial charge is 0.225 e. The summed E-state index contributed by atoms with van der Waals surface area (Å²) in [5.41, 5.74) is 1.79. The first kappa shape index (κ1) is 20.1. The van der Waals surface area contributed by atoms with Crippen molar-refractivity contribution in [1.29, 1.82) is 0 Å². The third-order valence-corrected chi connectivity index (χ3v) is 5.35. The summed E-state index contributed by atoms with van der Waals surface area (Å²) in [6.45, 7) is 16.1. The minimum Gasteiger partial charge on any atom is -0.372 e. The Hall–Kier alpha value is -1.69. The number of amides is 1. The van der Waals surface area contributed by atoms with Crippen LogP contribution in [0.1, 0.15) is 72.2 Å². The van der Waals surface area contributed by atoms with Crippen LogP contribution in [0.2, 0.25) is 0 Å². The third kappa shape index (κ3) is 4.60. The second-order valence-corrected chi connectivity index (χ2v) is 10.1. The average molecular weight is 375 g/mol. The van der Waals surface area contributed by atoms with Crippen molar-refractivity contribution < 1.29 is 9.53 Å². The van der Waals surface area contributed by atoms with Gasteiger partial charge >= 0.3 is 0 Å². The van der Waals surface area contributed by atoms with Gasteiger partial charge in [-0.2, -0.15) is 0 Å². The first-order chi connectivity index (χ1) is 12.4. The number of anilines is 1. The molecule has 150 valence electrons. The molecule has 0 bridgehead atoms. The number of ether oxygens (including phenoxy) is 1. The van der Waals surface area contributed by atoms with Crippen LogP contribution >= 0.6 is 0 Å². The second kappa shape index (κ2) is 7.04. The zero-order valence-corrected chi connectivity index (χ0v) is 17.8. The molecule has 0 unspecified atom stereocenters. The fourth-order valence-electron chi connectivity index (χ4n) is 4.03. The van der Waals surface area contributed by atoms with Crippen LogP contribution in [-0.2, 0) is 16.0 Å². The molecule has 6 heteroatoms. The van der Waals surface area contributed by atoms with E-state index in [4.69, 9.17) is 9.72 Å². The van der Waals surface area contributed by atoms with E-state index in [2.05, 4.69) is 42.9 Å². The molecular weight excluding hydrogens is 340 g/mol. The summed E-state index contributed by atoms with van der Waals surface area (Å²) >= 11 is 0. The maximum atomic E-state index is 12.6. The van der Waals surface area contributed by atoms with Crippen molar-refractivity contribution in [1.82, 2.24) is 15.3 Å². The molecule has 1 saturated heterocycles. The number of aromatic nitrogens is 2. The quantitative estimate of drug-likeness (QED) is 0.860. The van der Waals surface area contributed by atoms with E-state index in [9.17, 15) is 4.79 Å². The van der Waals surface area contributed by atoms with E-state index in [1.807, 2.05) is 27.0 Å². The number of nitrogens with one attached hydrogen (secondary N) is 1. The highest BCUT2D eigenvalue weighted by Crippen LogP contribution is 2.40. The number of nitrogens with zero attached hydrogens (tertiary/aromatic N) is 3. The molecule has 0 saturated carbocycles. The van der Waals surface area contributed by atoms with Gasteiger partial charge in [0.1, 0.15) is 0 Å². The molecular formula is C21H34N4O2. The normalized spacial score (nSPS) is 27.8. The lowest BCUT2D eigenvalue weighted by Crippen LogP contribution is -2.46. The predicted molar refractivity (Wildman–Crippen MR) is 107 cm³/mol. The number of hydrogen-bond acceptors (Lipinski definition) is 5. The van der Waals surface area contributed by atoms with Crippen molar-refractivity contribution in [3.63, 3.8) is 0 Å². The first-order valence-electron chi connectivity index (χ1n) is 10.0. The van der Waals surface area contributed by atoms with Crippen molar-refractivity contribution in [3.8, 4) is 0 Å². The Labute approximate surface area is 163 Å². The van der Waals surface area contributed by atoms with Gasteiger partial charge in [0.2, 0.25) is 11.9 Å². The Bertz CT molecular complexity index is 701. The van der Waals surface area contributed by atoms with Crippen LogP contribution in [0.4, 0.5) is 5.95 Å². The van der Waals surface area contributed by atoms with Crippen molar-refractivity contribution in [3.05, 3.63) is 17.5 Å². The average Bonchev–Trinajstić information content (AvgIpc) is 2.51. The number of fused-ring (bicyclic) bond motifs is 1. The Morgan fingerprint density at radius 3 is 2.48 bits per heavy atom. The van der Waals surface area contributed by atoms with Gasteiger partial charge in [-0.1, -0.05) is 34.6 Å². The molecule has 1 aliphatic heterocycles. The Balaban J connectivity index is 1.88. The largest absolute Gasteiger partial charge is 0.372 e. The summed E-state index contributed by atoms with van der Waals surface area (Å²) in [5, 5.41) is 3.23. The molecule has 27 heavy (non-hydrogen) atoms. The maximum Gasteiger partial charge on any atom is 0.225 e. The topological polar surface area (TPSA) is 67.4 Å². The van der Waals surface area contributed by atoms with Gasteiger partial charge in [0.15, 0.2) is 0 Å². The monoisotopic (exact) mass is 374 g/mol. The Morgan fingerprint density at radius 1 is 1.26 bits per heavy atom. The summed E-state index contributed by atoms with van der Waals surface area (Å²) in [7, 11) is 0. The van der Waals surface area contributed by atoms with E-state index in [0.717, 1.165) is 43.1 Å². The number of hydrogen-bond donors (Lipinski definition) is 1. The van der Waals surface area contributed by atoms with Gasteiger partial charge < -0.3 is 15.0 Å². The van der Waals surface area contributed by atoms with Crippen LogP contribution < -0.4 is 10.2 Å². The van der Waals surface area contributed by atoms with Gasteiger partial charge in [-0.15, -0.1) is 0 Å². The summed E-state index contributed by atoms with van der Waals surface area (Å²) in [5.74, 6) is 0.838. The van der Waals surface area contributed by atoms with Crippen LogP contribution in [0.5, 0.6) is 0 Å². The van der Waals surface area contributed by atoms with Crippen LogP contribution in [-0.4, -0.2) is 41.2 Å². The lowest BCUT2D eigenvalue weighted by molar-refractivity contribution is -0.129. The molecule has 0 aromatic carbocycles. The van der Waals surface area contributed by atoms with Gasteiger partial charge in [0.25, 0.3) is 0 Å². The number of carbonyl (C=O) groups is 1. The van der Waals surface area contributed by atoms with Crippen LogP contribution in [0.3, 0.4) is 0 Å². The Kier molecular flexibility index (Phi) is 5.23. The van der Waals surface area contributed by atoms with E-state index >= 15 is 0 Å². The second-order valence-electron chi connectivity index (χ2n) is 10.1. The molecule has 1 amide bonds. The standard InChI is InChI=1S/C21H34N4O2/c1-13-11-25(12-14(2)27-13)19-22-10-15-16(23-18(26)20(3,4)5)8-21(6,7)9-17(15)24-19/h10,13-14,16H,8-9,11-12H2,1-7H3,(H,23,26)/t13-,14-,16+/m1/s1. The van der Waals surface area contributed by atoms with Gasteiger partial charge in [0.05, 0.1) is 23.9 Å². The van der Waals surface area contributed by atoms with E-state index in [0.29, 0.717) is 0 Å². The third-order valence-electron chi connectivity index (χ3n) is 5.35. The summed E-state index contributed by atoms with van der Waals surface area (Å²) in [4.78, 5) is 24.4. The minimum absolute atomic E-state index is 0.0351. The molecule has 1 aromatic heterocycles. The highest BCUT2D eigenvalue weighted by molar-refractivity contribution is 5.81. The molecule has 2 heterocycles. The van der Waals surface area contributed by atoms with Crippen molar-refractivity contribution in [2.75, 3.05) is 18.0 Å². The number of carbonyl (C=O) groups excluding carboxylic acids is 1. The fourth-order valence-corrected chi connectivity index (χ4v) is 4.03. The van der Waals surface area contributed by atoms with Crippen LogP contribution in [0.25, 0.3) is 0 Å². The SMILES string of the molecule is C[C@@H]1CN(c2ncc3c(n2)CC(C)(C)C[C@@H]3NC(=O)C(C)(C)C)C[C@@H](C)O1. The number of morpholine rings is 1. The molecule has 2 aliphatic rings. The molecule has 0 radical (unpaired) electrons. The zero-order valence-electron chi connectivity index (χ0n) is 17.8. The van der Waals surface area contributed by atoms with Gasteiger partial charge in [-0.25, -0.2) is 9.97 Å². The molecule has 1 fully saturated rings. The first-order valence-corrected chi connectivity index (χ1v) is 10.0. The molecule has 6 nitrogen and oxygen atoms in total. The van der Waals surface area contributed by atoms with Gasteiger partial charge in [-0.3, -0.25) is 4.79 Å². The van der Waals surface area contributed by atoms with Gasteiger partial charge in [-0.05, 0) is 32.1 Å². The predicted octanol–water partition coefficient (Wildman–Crippen LogP) is 3.27. The molecule has 0 spiro atoms.